The number of carbonyl (C=O) groups excluding carboxylic acids is 3. The average Bonchev–Trinajstić information content (AvgIpc) is 2.85. The molecule has 206 valence electrons. The highest BCUT2D eigenvalue weighted by molar-refractivity contribution is 5.77. The van der Waals surface area contributed by atoms with Gasteiger partial charge >= 0.3 is 12.1 Å². The van der Waals surface area contributed by atoms with Gasteiger partial charge in [0.25, 0.3) is 0 Å². The first-order valence-electron chi connectivity index (χ1n) is 13.4. The SMILES string of the molecule is CC(CC(C)(C)C(=O)OCCNC(=O)CCOCCNC(=O)OC1CC/C=C/CCC1)c1ccccc1. The van der Waals surface area contributed by atoms with Crippen LogP contribution in [0.25, 0.3) is 0 Å². The lowest BCUT2D eigenvalue weighted by Crippen LogP contribution is -2.33. The molecule has 0 aliphatic heterocycles. The molecule has 0 saturated heterocycles. The van der Waals surface area contributed by atoms with Gasteiger partial charge in [-0.25, -0.2) is 4.79 Å². The zero-order valence-electron chi connectivity index (χ0n) is 22.6. The zero-order valence-corrected chi connectivity index (χ0v) is 22.6. The molecule has 0 bridgehead atoms. The van der Waals surface area contributed by atoms with Gasteiger partial charge in [-0.3, -0.25) is 9.59 Å². The summed E-state index contributed by atoms with van der Waals surface area (Å²) in [4.78, 5) is 36.4. The van der Waals surface area contributed by atoms with E-state index in [0.29, 0.717) is 19.6 Å². The van der Waals surface area contributed by atoms with E-state index in [9.17, 15) is 14.4 Å². The van der Waals surface area contributed by atoms with Crippen molar-refractivity contribution in [3.63, 3.8) is 0 Å². The van der Waals surface area contributed by atoms with Crippen LogP contribution in [0.3, 0.4) is 0 Å². The molecule has 37 heavy (non-hydrogen) atoms. The summed E-state index contributed by atoms with van der Waals surface area (Å²) in [7, 11) is 0. The summed E-state index contributed by atoms with van der Waals surface area (Å²) in [6, 6.07) is 10.1. The number of esters is 1. The van der Waals surface area contributed by atoms with Gasteiger partial charge in [-0.1, -0.05) is 49.4 Å². The van der Waals surface area contributed by atoms with Crippen LogP contribution in [-0.2, 0) is 23.8 Å². The summed E-state index contributed by atoms with van der Waals surface area (Å²) in [6.45, 7) is 7.10. The van der Waals surface area contributed by atoms with Crippen LogP contribution in [0.1, 0.15) is 77.2 Å². The Morgan fingerprint density at radius 2 is 1.70 bits per heavy atom. The van der Waals surface area contributed by atoms with E-state index >= 15 is 0 Å². The molecule has 8 nitrogen and oxygen atoms in total. The fourth-order valence-corrected chi connectivity index (χ4v) is 4.29. The van der Waals surface area contributed by atoms with E-state index < -0.39 is 11.5 Å². The van der Waals surface area contributed by atoms with Gasteiger partial charge in [0.2, 0.25) is 5.91 Å². The molecule has 1 aliphatic carbocycles. The molecule has 0 heterocycles. The zero-order chi connectivity index (χ0) is 26.9. The summed E-state index contributed by atoms with van der Waals surface area (Å²) >= 11 is 0. The highest BCUT2D eigenvalue weighted by atomic mass is 16.6. The van der Waals surface area contributed by atoms with Crippen molar-refractivity contribution in [2.75, 3.05) is 32.9 Å². The Balaban J connectivity index is 1.48. The molecule has 2 unspecified atom stereocenters. The first-order valence-corrected chi connectivity index (χ1v) is 13.4. The maximum absolute atomic E-state index is 12.5. The number of benzene rings is 1. The average molecular weight is 517 g/mol. The molecule has 1 aliphatic rings. The van der Waals surface area contributed by atoms with Crippen molar-refractivity contribution in [3.05, 3.63) is 48.0 Å². The van der Waals surface area contributed by atoms with Crippen molar-refractivity contribution in [1.82, 2.24) is 10.6 Å². The van der Waals surface area contributed by atoms with E-state index in [-0.39, 0.29) is 50.1 Å². The van der Waals surface area contributed by atoms with Crippen LogP contribution >= 0.6 is 0 Å². The second-order valence-electron chi connectivity index (χ2n) is 10.2. The predicted molar refractivity (Wildman–Crippen MR) is 143 cm³/mol. The van der Waals surface area contributed by atoms with Crippen molar-refractivity contribution in [3.8, 4) is 0 Å². The van der Waals surface area contributed by atoms with Crippen LogP contribution in [0.4, 0.5) is 4.79 Å². The van der Waals surface area contributed by atoms with Gasteiger partial charge in [0.05, 0.1) is 25.2 Å². The van der Waals surface area contributed by atoms with E-state index in [0.717, 1.165) is 32.1 Å². The third-order valence-corrected chi connectivity index (χ3v) is 6.38. The number of ether oxygens (including phenoxy) is 3. The quantitative estimate of drug-likeness (QED) is 0.207. The van der Waals surface area contributed by atoms with E-state index in [1.165, 1.54) is 5.56 Å². The first kappa shape index (κ1) is 30.4. The Kier molecular flexibility index (Phi) is 13.8. The van der Waals surface area contributed by atoms with Gasteiger partial charge in [-0.2, -0.15) is 0 Å². The fourth-order valence-electron chi connectivity index (χ4n) is 4.29. The van der Waals surface area contributed by atoms with Gasteiger partial charge in [-0.05, 0) is 63.9 Å². The van der Waals surface area contributed by atoms with E-state index in [4.69, 9.17) is 14.2 Å². The number of alkyl carbamates (subject to hydrolysis) is 1. The van der Waals surface area contributed by atoms with Crippen molar-refractivity contribution in [1.29, 1.82) is 0 Å². The molecule has 0 spiro atoms. The van der Waals surface area contributed by atoms with Crippen LogP contribution in [0.5, 0.6) is 0 Å². The number of amides is 2. The standard InChI is InChI=1S/C29H44N2O6/c1-23(24-12-8-7-9-13-24)22-29(2,3)27(33)36-21-18-30-26(32)16-19-35-20-17-31-28(34)37-25-14-10-5-4-6-11-15-25/h4-5,7-9,12-13,23,25H,6,10-11,14-22H2,1-3H3,(H,30,32)(H,31,34)/b5-4+. The van der Waals surface area contributed by atoms with Crippen molar-refractivity contribution >= 4 is 18.0 Å². The molecule has 0 fully saturated rings. The lowest BCUT2D eigenvalue weighted by atomic mass is 9.81. The summed E-state index contributed by atoms with van der Waals surface area (Å²) in [6.07, 6.45) is 9.41. The van der Waals surface area contributed by atoms with E-state index in [1.54, 1.807) is 0 Å². The minimum atomic E-state index is -0.625. The van der Waals surface area contributed by atoms with Gasteiger partial charge in [0.1, 0.15) is 12.7 Å². The minimum absolute atomic E-state index is 0.0437. The molecule has 2 rings (SSSR count). The molecule has 8 heteroatoms. The summed E-state index contributed by atoms with van der Waals surface area (Å²) < 4.78 is 16.3. The Hall–Kier alpha value is -2.87. The number of carbonyl (C=O) groups is 3. The number of hydrogen-bond acceptors (Lipinski definition) is 6. The molecule has 0 saturated carbocycles. The normalized spacial score (nSPS) is 17.5. The molecule has 2 N–H and O–H groups in total. The van der Waals surface area contributed by atoms with Crippen molar-refractivity contribution < 1.29 is 28.6 Å². The van der Waals surface area contributed by atoms with E-state index in [2.05, 4.69) is 41.8 Å². The van der Waals surface area contributed by atoms with Crippen LogP contribution in [0.2, 0.25) is 0 Å². The molecule has 2 amide bonds. The maximum Gasteiger partial charge on any atom is 0.407 e. The predicted octanol–water partition coefficient (Wildman–Crippen LogP) is 4.89. The molecular weight excluding hydrogens is 472 g/mol. The molecule has 1 aromatic rings. The third kappa shape index (κ3) is 12.8. The number of nitrogens with one attached hydrogen (secondary N) is 2. The van der Waals surface area contributed by atoms with Gasteiger partial charge < -0.3 is 24.8 Å². The Bertz CT molecular complexity index is 855. The first-order chi connectivity index (χ1) is 17.8. The number of allylic oxidation sites excluding steroid dienone is 2. The highest BCUT2D eigenvalue weighted by Crippen LogP contribution is 2.32. The van der Waals surface area contributed by atoms with Gasteiger partial charge in [-0.15, -0.1) is 0 Å². The molecule has 0 aromatic heterocycles. The molecule has 1 aromatic carbocycles. The van der Waals surface area contributed by atoms with Gasteiger partial charge in [0.15, 0.2) is 0 Å². The highest BCUT2D eigenvalue weighted by Gasteiger charge is 2.31. The monoisotopic (exact) mass is 516 g/mol. The topological polar surface area (TPSA) is 103 Å². The lowest BCUT2D eigenvalue weighted by Gasteiger charge is -2.26. The third-order valence-electron chi connectivity index (χ3n) is 6.38. The van der Waals surface area contributed by atoms with Crippen LogP contribution in [-0.4, -0.2) is 57.0 Å². The van der Waals surface area contributed by atoms with Crippen molar-refractivity contribution in [2.45, 2.75) is 77.7 Å². The summed E-state index contributed by atoms with van der Waals surface area (Å²) in [5.74, 6) is -0.225. The molecule has 2 atom stereocenters. The lowest BCUT2D eigenvalue weighted by molar-refractivity contribution is -0.154. The molecule has 0 radical (unpaired) electrons. The number of rotatable bonds is 14. The Morgan fingerprint density at radius 3 is 2.49 bits per heavy atom. The number of hydrogen-bond donors (Lipinski definition) is 2. The largest absolute Gasteiger partial charge is 0.463 e. The van der Waals surface area contributed by atoms with Crippen LogP contribution < -0.4 is 10.6 Å². The summed E-state index contributed by atoms with van der Waals surface area (Å²) in [5, 5.41) is 5.42. The summed E-state index contributed by atoms with van der Waals surface area (Å²) in [5.41, 5.74) is 0.566. The van der Waals surface area contributed by atoms with Crippen LogP contribution in [0, 0.1) is 5.41 Å². The minimum Gasteiger partial charge on any atom is -0.463 e. The van der Waals surface area contributed by atoms with E-state index in [1.807, 2.05) is 32.0 Å². The Morgan fingerprint density at radius 1 is 0.973 bits per heavy atom. The van der Waals surface area contributed by atoms with Gasteiger partial charge in [0, 0.05) is 13.0 Å². The van der Waals surface area contributed by atoms with Crippen molar-refractivity contribution in [2.24, 2.45) is 5.41 Å². The molecular formula is C29H44N2O6. The maximum atomic E-state index is 12.5. The fraction of sp³-hybridized carbons (Fsp3) is 0.621. The van der Waals surface area contributed by atoms with Crippen LogP contribution in [0.15, 0.2) is 42.5 Å². The second-order valence-corrected chi connectivity index (χ2v) is 10.2. The Labute approximate surface area is 221 Å². The smallest absolute Gasteiger partial charge is 0.407 e. The second kappa shape index (κ2) is 16.8.